The molecule has 1 unspecified atom stereocenters. The highest BCUT2D eigenvalue weighted by atomic mass is 32.1. The van der Waals surface area contributed by atoms with Gasteiger partial charge in [-0.2, -0.15) is 5.10 Å². The minimum atomic E-state index is -0.305. The van der Waals surface area contributed by atoms with Crippen molar-refractivity contribution in [3.8, 4) is 5.69 Å². The number of aromatic nitrogens is 4. The molecular weight excluding hydrogens is 360 g/mol. The monoisotopic (exact) mass is 384 g/mol. The largest absolute Gasteiger partial charge is 0.299 e. The maximum absolute atomic E-state index is 12.5. The van der Waals surface area contributed by atoms with E-state index < -0.39 is 0 Å². The van der Waals surface area contributed by atoms with Crippen molar-refractivity contribution in [2.24, 2.45) is 0 Å². The predicted molar refractivity (Wildman–Crippen MR) is 107 cm³/mol. The zero-order valence-electron chi connectivity index (χ0n) is 16.0. The molecule has 2 aromatic heterocycles. The van der Waals surface area contributed by atoms with Gasteiger partial charge in [0.15, 0.2) is 0 Å². The Kier molecular flexibility index (Phi) is 5.98. The molecule has 0 radical (unpaired) electrons. The normalized spacial score (nSPS) is 12.3. The molecule has 0 fully saturated rings. The first-order valence-electron chi connectivity index (χ1n) is 8.91. The van der Waals surface area contributed by atoms with Crippen molar-refractivity contribution in [1.29, 1.82) is 0 Å². The second-order valence-corrected chi connectivity index (χ2v) is 7.58. The minimum Gasteiger partial charge on any atom is -0.299 e. The van der Waals surface area contributed by atoms with Gasteiger partial charge in [-0.15, -0.1) is 10.2 Å². The van der Waals surface area contributed by atoms with Crippen LogP contribution in [0.25, 0.3) is 5.69 Å². The van der Waals surface area contributed by atoms with Crippen LogP contribution in [0, 0.1) is 6.92 Å². The van der Waals surface area contributed by atoms with Crippen LogP contribution < -0.4 is 5.32 Å². The van der Waals surface area contributed by atoms with E-state index in [0.717, 1.165) is 28.2 Å². The molecule has 0 spiro atoms. The van der Waals surface area contributed by atoms with Gasteiger partial charge < -0.3 is 0 Å². The van der Waals surface area contributed by atoms with Gasteiger partial charge in [0.1, 0.15) is 5.01 Å². The van der Waals surface area contributed by atoms with E-state index in [-0.39, 0.29) is 11.9 Å². The molecule has 2 heterocycles. The molecule has 0 saturated carbocycles. The number of para-hydroxylation sites is 1. The number of carbonyl (C=O) groups is 1. The molecule has 142 valence electrons. The zero-order valence-corrected chi connectivity index (χ0v) is 16.8. The van der Waals surface area contributed by atoms with E-state index in [4.69, 9.17) is 0 Å². The van der Waals surface area contributed by atoms with Crippen LogP contribution in [0.3, 0.4) is 0 Å². The number of carbonyl (C=O) groups excluding carboxylic acids is 1. The number of benzene rings is 1. The quantitative estimate of drug-likeness (QED) is 0.678. The van der Waals surface area contributed by atoms with Gasteiger partial charge in [0.2, 0.25) is 11.0 Å². The Bertz CT molecular complexity index is 918. The number of likely N-dealkylation sites (N-methyl/N-ethyl adjacent to an activating group) is 1. The summed E-state index contributed by atoms with van der Waals surface area (Å²) in [6, 6.07) is 7.81. The van der Waals surface area contributed by atoms with E-state index in [2.05, 4.69) is 33.6 Å². The Hall–Kier alpha value is -2.58. The van der Waals surface area contributed by atoms with Crippen LogP contribution >= 0.6 is 11.3 Å². The van der Waals surface area contributed by atoms with E-state index in [1.54, 1.807) is 0 Å². The van der Waals surface area contributed by atoms with Crippen LogP contribution in [-0.2, 0) is 17.8 Å². The highest BCUT2D eigenvalue weighted by Gasteiger charge is 2.20. The first kappa shape index (κ1) is 19.2. The second kappa shape index (κ2) is 8.41. The van der Waals surface area contributed by atoms with Gasteiger partial charge in [-0.1, -0.05) is 36.5 Å². The molecule has 0 aliphatic rings. The Morgan fingerprint density at radius 2 is 2.11 bits per heavy atom. The SMILES string of the molecule is CCc1nnc(NC(=O)C(C)N(C)Cc2cnn(-c3ccccc3C)c2)s1. The summed E-state index contributed by atoms with van der Waals surface area (Å²) >= 11 is 1.41. The van der Waals surface area contributed by atoms with E-state index >= 15 is 0 Å². The van der Waals surface area contributed by atoms with Gasteiger partial charge in [-0.25, -0.2) is 4.68 Å². The number of amides is 1. The summed E-state index contributed by atoms with van der Waals surface area (Å²) in [5.74, 6) is -0.0948. The van der Waals surface area contributed by atoms with Crippen LogP contribution in [0.15, 0.2) is 36.7 Å². The van der Waals surface area contributed by atoms with Crippen LogP contribution in [0.4, 0.5) is 5.13 Å². The summed E-state index contributed by atoms with van der Waals surface area (Å²) in [5, 5.41) is 16.8. The number of nitrogens with zero attached hydrogens (tertiary/aromatic N) is 5. The van der Waals surface area contributed by atoms with Crippen LogP contribution in [0.5, 0.6) is 0 Å². The van der Waals surface area contributed by atoms with Gasteiger partial charge >= 0.3 is 0 Å². The lowest BCUT2D eigenvalue weighted by Gasteiger charge is -2.22. The Morgan fingerprint density at radius 1 is 1.33 bits per heavy atom. The molecule has 0 saturated heterocycles. The highest BCUT2D eigenvalue weighted by Crippen LogP contribution is 2.17. The van der Waals surface area contributed by atoms with Crippen molar-refractivity contribution >= 4 is 22.4 Å². The van der Waals surface area contributed by atoms with E-state index in [1.807, 2.05) is 61.1 Å². The third-order valence-corrected chi connectivity index (χ3v) is 5.45. The van der Waals surface area contributed by atoms with E-state index in [0.29, 0.717) is 11.7 Å². The number of anilines is 1. The fraction of sp³-hybridized carbons (Fsp3) is 0.368. The van der Waals surface area contributed by atoms with Crippen molar-refractivity contribution in [2.75, 3.05) is 12.4 Å². The zero-order chi connectivity index (χ0) is 19.4. The molecule has 7 nitrogen and oxygen atoms in total. The molecule has 3 rings (SSSR count). The molecule has 0 bridgehead atoms. The molecular formula is C19H24N6OS. The Morgan fingerprint density at radius 3 is 2.81 bits per heavy atom. The smallest absolute Gasteiger partial charge is 0.243 e. The van der Waals surface area contributed by atoms with Crippen LogP contribution in [0.2, 0.25) is 0 Å². The molecule has 3 aromatic rings. The average Bonchev–Trinajstić information content (AvgIpc) is 3.30. The summed E-state index contributed by atoms with van der Waals surface area (Å²) in [4.78, 5) is 14.5. The molecule has 27 heavy (non-hydrogen) atoms. The Labute approximate surface area is 163 Å². The number of hydrogen-bond acceptors (Lipinski definition) is 6. The Balaban J connectivity index is 1.62. The third kappa shape index (κ3) is 4.58. The van der Waals surface area contributed by atoms with Gasteiger partial charge in [-0.05, 0) is 38.9 Å². The van der Waals surface area contributed by atoms with Crippen molar-refractivity contribution in [3.05, 3.63) is 52.8 Å². The lowest BCUT2D eigenvalue weighted by Crippen LogP contribution is -2.39. The number of nitrogens with one attached hydrogen (secondary N) is 1. The standard InChI is InChI=1S/C19H24N6OS/c1-5-17-22-23-19(27-17)21-18(26)14(3)24(4)11-15-10-20-25(12-15)16-9-7-6-8-13(16)2/h6-10,12,14H,5,11H2,1-4H3,(H,21,23,26). The summed E-state index contributed by atoms with van der Waals surface area (Å²) in [5.41, 5.74) is 3.27. The summed E-state index contributed by atoms with van der Waals surface area (Å²) in [6.07, 6.45) is 4.65. The van der Waals surface area contributed by atoms with Crippen molar-refractivity contribution in [2.45, 2.75) is 39.8 Å². The van der Waals surface area contributed by atoms with Crippen LogP contribution in [0.1, 0.15) is 30.0 Å². The maximum Gasteiger partial charge on any atom is 0.243 e. The first-order valence-corrected chi connectivity index (χ1v) is 9.72. The summed E-state index contributed by atoms with van der Waals surface area (Å²) in [7, 11) is 1.92. The fourth-order valence-electron chi connectivity index (χ4n) is 2.68. The molecule has 0 aliphatic carbocycles. The number of aryl methyl sites for hydroxylation is 2. The van der Waals surface area contributed by atoms with Gasteiger partial charge in [0.25, 0.3) is 0 Å². The van der Waals surface area contributed by atoms with Gasteiger partial charge in [-0.3, -0.25) is 15.0 Å². The van der Waals surface area contributed by atoms with Gasteiger partial charge in [0.05, 0.1) is 17.9 Å². The average molecular weight is 385 g/mol. The van der Waals surface area contributed by atoms with Crippen LogP contribution in [-0.4, -0.2) is 43.9 Å². The molecule has 1 aromatic carbocycles. The van der Waals surface area contributed by atoms with E-state index in [9.17, 15) is 4.79 Å². The summed E-state index contributed by atoms with van der Waals surface area (Å²) in [6.45, 7) is 6.58. The summed E-state index contributed by atoms with van der Waals surface area (Å²) < 4.78 is 1.87. The molecule has 1 atom stereocenters. The maximum atomic E-state index is 12.5. The number of rotatable bonds is 7. The van der Waals surface area contributed by atoms with Crippen molar-refractivity contribution in [3.63, 3.8) is 0 Å². The van der Waals surface area contributed by atoms with Crippen molar-refractivity contribution in [1.82, 2.24) is 24.9 Å². The van der Waals surface area contributed by atoms with E-state index in [1.165, 1.54) is 11.3 Å². The molecule has 1 amide bonds. The van der Waals surface area contributed by atoms with Gasteiger partial charge in [0, 0.05) is 18.3 Å². The first-order chi connectivity index (χ1) is 13.0. The fourth-order valence-corrected chi connectivity index (χ4v) is 3.36. The lowest BCUT2D eigenvalue weighted by molar-refractivity contribution is -0.120. The topological polar surface area (TPSA) is 75.9 Å². The lowest BCUT2D eigenvalue weighted by atomic mass is 10.2. The van der Waals surface area contributed by atoms with Crippen molar-refractivity contribution < 1.29 is 4.79 Å². The number of hydrogen-bond donors (Lipinski definition) is 1. The second-order valence-electron chi connectivity index (χ2n) is 6.51. The molecule has 0 aliphatic heterocycles. The molecule has 8 heteroatoms. The highest BCUT2D eigenvalue weighted by molar-refractivity contribution is 7.15. The minimum absolute atomic E-state index is 0.0948. The predicted octanol–water partition coefficient (Wildman–Crippen LogP) is 3.05. The molecule has 1 N–H and O–H groups in total. The third-order valence-electron chi connectivity index (χ3n) is 4.47.